The molecule has 0 radical (unpaired) electrons. The number of nitrogens with zero attached hydrogens (tertiary/aromatic N) is 3. The van der Waals surface area contributed by atoms with Crippen molar-refractivity contribution in [2.75, 3.05) is 30.5 Å². The van der Waals surface area contributed by atoms with Crippen molar-refractivity contribution >= 4 is 28.7 Å². The number of fused-ring (bicyclic) bond motifs is 1. The fraction of sp³-hybridized carbons (Fsp3) is 0.333. The molecule has 0 spiro atoms. The van der Waals surface area contributed by atoms with Crippen molar-refractivity contribution in [1.82, 2.24) is 20.2 Å². The molecule has 2 aromatic rings. The number of nitrogens with one attached hydrogen (secondary N) is 3. The maximum Gasteiger partial charge on any atom is 0.243 e. The SMILES string of the molecule is NNc1nc(NCCOCC(N)=O)c2cn[nH]c2n1. The lowest BCUT2D eigenvalue weighted by Crippen LogP contribution is -2.21. The van der Waals surface area contributed by atoms with Crippen LogP contribution in [0.4, 0.5) is 11.8 Å². The molecular weight excluding hydrogens is 252 g/mol. The maximum absolute atomic E-state index is 10.5. The van der Waals surface area contributed by atoms with Gasteiger partial charge in [-0.15, -0.1) is 0 Å². The largest absolute Gasteiger partial charge is 0.370 e. The van der Waals surface area contributed by atoms with E-state index in [9.17, 15) is 4.79 Å². The number of carbonyl (C=O) groups is 1. The molecule has 10 heteroatoms. The standard InChI is InChI=1S/C9H14N8O2/c10-6(18)4-19-2-1-12-7-5-3-13-17-8(5)15-9(14-7)16-11/h3H,1-2,4,11H2,(H2,10,18)(H3,12,13,14,15,16,17). The number of hydrogen-bond acceptors (Lipinski definition) is 8. The number of carbonyl (C=O) groups excluding carboxylic acids is 1. The van der Waals surface area contributed by atoms with Crippen molar-refractivity contribution in [3.8, 4) is 0 Å². The molecule has 10 nitrogen and oxygen atoms in total. The number of primary amides is 1. The summed E-state index contributed by atoms with van der Waals surface area (Å²) in [6.45, 7) is 0.661. The van der Waals surface area contributed by atoms with Crippen molar-refractivity contribution < 1.29 is 9.53 Å². The molecule has 0 aliphatic carbocycles. The second-order valence-electron chi connectivity index (χ2n) is 3.62. The zero-order valence-electron chi connectivity index (χ0n) is 10.0. The summed E-state index contributed by atoms with van der Waals surface area (Å²) >= 11 is 0. The molecular formula is C9H14N8O2. The molecule has 7 N–H and O–H groups in total. The van der Waals surface area contributed by atoms with E-state index in [0.29, 0.717) is 24.6 Å². The summed E-state index contributed by atoms with van der Waals surface area (Å²) in [5.74, 6) is 5.59. The Kier molecular flexibility index (Phi) is 4.05. The lowest BCUT2D eigenvalue weighted by Gasteiger charge is -2.08. The van der Waals surface area contributed by atoms with Gasteiger partial charge in [0.2, 0.25) is 11.9 Å². The maximum atomic E-state index is 10.5. The Balaban J connectivity index is 1.99. The van der Waals surface area contributed by atoms with Crippen LogP contribution in [0, 0.1) is 0 Å². The molecule has 1 amide bonds. The average Bonchev–Trinajstić information content (AvgIpc) is 2.85. The molecule has 102 valence electrons. The van der Waals surface area contributed by atoms with E-state index in [1.807, 2.05) is 0 Å². The summed E-state index contributed by atoms with van der Waals surface area (Å²) in [5.41, 5.74) is 7.87. The van der Waals surface area contributed by atoms with Gasteiger partial charge < -0.3 is 15.8 Å². The van der Waals surface area contributed by atoms with Crippen molar-refractivity contribution in [2.24, 2.45) is 11.6 Å². The Hall–Kier alpha value is -2.46. The van der Waals surface area contributed by atoms with Gasteiger partial charge in [-0.2, -0.15) is 15.1 Å². The molecule has 19 heavy (non-hydrogen) atoms. The highest BCUT2D eigenvalue weighted by atomic mass is 16.5. The van der Waals surface area contributed by atoms with Crippen LogP contribution < -0.4 is 22.3 Å². The molecule has 2 heterocycles. The molecule has 0 saturated heterocycles. The minimum absolute atomic E-state index is 0.109. The van der Waals surface area contributed by atoms with Gasteiger partial charge in [-0.05, 0) is 0 Å². The van der Waals surface area contributed by atoms with Gasteiger partial charge in [0.05, 0.1) is 18.2 Å². The van der Waals surface area contributed by atoms with Crippen molar-refractivity contribution in [3.63, 3.8) is 0 Å². The molecule has 0 unspecified atom stereocenters. The van der Waals surface area contributed by atoms with Gasteiger partial charge in [0, 0.05) is 6.54 Å². The van der Waals surface area contributed by atoms with E-state index in [1.165, 1.54) is 0 Å². The van der Waals surface area contributed by atoms with E-state index < -0.39 is 5.91 Å². The summed E-state index contributed by atoms with van der Waals surface area (Å²) in [7, 11) is 0. The predicted octanol–water partition coefficient (Wildman–Crippen LogP) is -1.45. The van der Waals surface area contributed by atoms with Crippen LogP contribution >= 0.6 is 0 Å². The number of anilines is 2. The first-order valence-corrected chi connectivity index (χ1v) is 5.48. The third-order valence-electron chi connectivity index (χ3n) is 2.22. The van der Waals surface area contributed by atoms with E-state index in [4.69, 9.17) is 16.3 Å². The summed E-state index contributed by atoms with van der Waals surface area (Å²) in [6, 6.07) is 0. The van der Waals surface area contributed by atoms with Crippen LogP contribution in [0.5, 0.6) is 0 Å². The lowest BCUT2D eigenvalue weighted by atomic mass is 10.4. The molecule has 2 rings (SSSR count). The number of nitrogen functional groups attached to an aromatic ring is 1. The van der Waals surface area contributed by atoms with Crippen LogP contribution in [0.25, 0.3) is 11.0 Å². The molecule has 0 fully saturated rings. The molecule has 0 bridgehead atoms. The number of H-pyrrole nitrogens is 1. The lowest BCUT2D eigenvalue weighted by molar-refractivity contribution is -0.122. The van der Waals surface area contributed by atoms with Crippen LogP contribution in [0.1, 0.15) is 0 Å². The van der Waals surface area contributed by atoms with E-state index in [0.717, 1.165) is 5.39 Å². The summed E-state index contributed by atoms with van der Waals surface area (Å²) in [4.78, 5) is 18.7. The first kappa shape index (κ1) is 13.0. The van der Waals surface area contributed by atoms with Crippen molar-refractivity contribution in [1.29, 1.82) is 0 Å². The number of nitrogens with two attached hydrogens (primary N) is 2. The number of aromatic amines is 1. The van der Waals surface area contributed by atoms with Gasteiger partial charge in [-0.25, -0.2) is 5.84 Å². The zero-order chi connectivity index (χ0) is 13.7. The fourth-order valence-electron chi connectivity index (χ4n) is 1.45. The summed E-state index contributed by atoms with van der Waals surface area (Å²) in [6.07, 6.45) is 1.60. The Morgan fingerprint density at radius 1 is 1.47 bits per heavy atom. The predicted molar refractivity (Wildman–Crippen MR) is 68.0 cm³/mol. The topological polar surface area (TPSA) is 157 Å². The Morgan fingerprint density at radius 3 is 3.05 bits per heavy atom. The van der Waals surface area contributed by atoms with Crippen LogP contribution in [0.2, 0.25) is 0 Å². The van der Waals surface area contributed by atoms with Gasteiger partial charge in [0.25, 0.3) is 0 Å². The number of amides is 1. The van der Waals surface area contributed by atoms with Gasteiger partial charge in [0.15, 0.2) is 5.65 Å². The van der Waals surface area contributed by atoms with E-state index in [-0.39, 0.29) is 12.6 Å². The van der Waals surface area contributed by atoms with Crippen LogP contribution in [0.3, 0.4) is 0 Å². The number of hydrazine groups is 1. The van der Waals surface area contributed by atoms with Gasteiger partial charge in [-0.3, -0.25) is 15.3 Å². The molecule has 0 atom stereocenters. The molecule has 2 aromatic heterocycles. The minimum atomic E-state index is -0.506. The smallest absolute Gasteiger partial charge is 0.243 e. The van der Waals surface area contributed by atoms with Gasteiger partial charge in [0.1, 0.15) is 12.4 Å². The minimum Gasteiger partial charge on any atom is -0.370 e. The highest BCUT2D eigenvalue weighted by Gasteiger charge is 2.08. The van der Waals surface area contributed by atoms with E-state index in [2.05, 4.69) is 30.9 Å². The van der Waals surface area contributed by atoms with Crippen LogP contribution in [0.15, 0.2) is 6.20 Å². The summed E-state index contributed by atoms with van der Waals surface area (Å²) in [5, 5.41) is 10.4. The normalized spacial score (nSPS) is 10.6. The van der Waals surface area contributed by atoms with E-state index in [1.54, 1.807) is 6.20 Å². The van der Waals surface area contributed by atoms with E-state index >= 15 is 0 Å². The molecule has 0 aliphatic heterocycles. The monoisotopic (exact) mass is 266 g/mol. The number of ether oxygens (including phenoxy) is 1. The highest BCUT2D eigenvalue weighted by Crippen LogP contribution is 2.18. The molecule has 0 aliphatic rings. The molecule has 0 saturated carbocycles. The second kappa shape index (κ2) is 5.93. The first-order valence-electron chi connectivity index (χ1n) is 5.48. The van der Waals surface area contributed by atoms with Crippen LogP contribution in [-0.2, 0) is 9.53 Å². The first-order chi connectivity index (χ1) is 9.20. The number of rotatable bonds is 7. The Labute approximate surface area is 107 Å². The van der Waals surface area contributed by atoms with Gasteiger partial charge in [-0.1, -0.05) is 0 Å². The highest BCUT2D eigenvalue weighted by molar-refractivity contribution is 5.86. The van der Waals surface area contributed by atoms with Crippen molar-refractivity contribution in [3.05, 3.63) is 6.20 Å². The second-order valence-corrected chi connectivity index (χ2v) is 3.62. The van der Waals surface area contributed by atoms with Crippen LogP contribution in [-0.4, -0.2) is 45.8 Å². The quantitative estimate of drug-likeness (QED) is 0.231. The Morgan fingerprint density at radius 2 is 2.32 bits per heavy atom. The fourth-order valence-corrected chi connectivity index (χ4v) is 1.45. The molecule has 0 aromatic carbocycles. The number of hydrogen-bond donors (Lipinski definition) is 5. The zero-order valence-corrected chi connectivity index (χ0v) is 10.0. The summed E-state index contributed by atoms with van der Waals surface area (Å²) < 4.78 is 5.02. The Bertz CT molecular complexity index is 568. The average molecular weight is 266 g/mol. The third kappa shape index (κ3) is 3.26. The van der Waals surface area contributed by atoms with Gasteiger partial charge >= 0.3 is 0 Å². The van der Waals surface area contributed by atoms with Crippen molar-refractivity contribution in [2.45, 2.75) is 0 Å². The number of aromatic nitrogens is 4. The third-order valence-corrected chi connectivity index (χ3v) is 2.22.